The van der Waals surface area contributed by atoms with Crippen LogP contribution in [0.2, 0.25) is 5.02 Å². The number of aromatic nitrogens is 3. The highest BCUT2D eigenvalue weighted by molar-refractivity contribution is 9.10. The van der Waals surface area contributed by atoms with E-state index in [1.54, 1.807) is 0 Å². The summed E-state index contributed by atoms with van der Waals surface area (Å²) in [6, 6.07) is 7.79. The van der Waals surface area contributed by atoms with Gasteiger partial charge in [-0.15, -0.1) is 5.10 Å². The van der Waals surface area contributed by atoms with Crippen LogP contribution < -0.4 is 0 Å². The third-order valence-corrected chi connectivity index (χ3v) is 3.03. The van der Waals surface area contributed by atoms with E-state index in [9.17, 15) is 0 Å². The lowest BCUT2D eigenvalue weighted by atomic mass is 10.1. The van der Waals surface area contributed by atoms with Crippen molar-refractivity contribution in [1.29, 1.82) is 0 Å². The molecule has 0 radical (unpaired) electrons. The molecule has 0 N–H and O–H groups in total. The van der Waals surface area contributed by atoms with Gasteiger partial charge in [0.05, 0.1) is 0 Å². The zero-order valence-corrected chi connectivity index (χ0v) is 11.2. The summed E-state index contributed by atoms with van der Waals surface area (Å²) in [5, 5.41) is 5.00. The van der Waals surface area contributed by atoms with Crippen LogP contribution in [0.5, 0.6) is 0 Å². The number of nitrogens with zero attached hydrogens (tertiary/aromatic N) is 3. The summed E-state index contributed by atoms with van der Waals surface area (Å²) in [7, 11) is 0. The van der Waals surface area contributed by atoms with E-state index in [0.717, 1.165) is 23.0 Å². The van der Waals surface area contributed by atoms with Crippen LogP contribution in [0.3, 0.4) is 0 Å². The first-order valence-corrected chi connectivity index (χ1v) is 6.20. The fraction of sp³-hybridized carbons (Fsp3) is 0.273. The van der Waals surface area contributed by atoms with Crippen molar-refractivity contribution in [2.45, 2.75) is 19.9 Å². The molecule has 16 heavy (non-hydrogen) atoms. The first-order valence-electron chi connectivity index (χ1n) is 5.03. The molecular formula is C11H11BrClN3. The maximum atomic E-state index is 6.11. The van der Waals surface area contributed by atoms with Gasteiger partial charge in [-0.25, -0.2) is 9.67 Å². The fourth-order valence-corrected chi connectivity index (χ4v) is 2.14. The molecule has 0 aliphatic carbocycles. The second kappa shape index (κ2) is 4.97. The number of halogens is 2. The van der Waals surface area contributed by atoms with E-state index in [-0.39, 0.29) is 0 Å². The van der Waals surface area contributed by atoms with Crippen LogP contribution in [-0.2, 0) is 13.0 Å². The van der Waals surface area contributed by atoms with Gasteiger partial charge in [0.15, 0.2) is 0 Å². The SMILES string of the molecule is CCn1nc(Br)nc1Cc1ccccc1Cl. The molecule has 84 valence electrons. The molecule has 1 heterocycles. The maximum Gasteiger partial charge on any atom is 0.217 e. The minimum atomic E-state index is 0.622. The van der Waals surface area contributed by atoms with E-state index in [2.05, 4.69) is 26.0 Å². The highest BCUT2D eigenvalue weighted by Crippen LogP contribution is 2.18. The summed E-state index contributed by atoms with van der Waals surface area (Å²) < 4.78 is 2.49. The summed E-state index contributed by atoms with van der Waals surface area (Å²) in [6.07, 6.45) is 0.701. The van der Waals surface area contributed by atoms with Gasteiger partial charge in [0, 0.05) is 18.0 Å². The molecule has 0 spiro atoms. The molecule has 0 saturated heterocycles. The number of benzene rings is 1. The normalized spacial score (nSPS) is 10.7. The van der Waals surface area contributed by atoms with Crippen LogP contribution in [0.25, 0.3) is 0 Å². The molecule has 2 aromatic rings. The first kappa shape index (κ1) is 11.6. The Labute approximate surface area is 108 Å². The number of aryl methyl sites for hydroxylation is 1. The smallest absolute Gasteiger partial charge is 0.217 e. The second-order valence-corrected chi connectivity index (χ2v) is 4.50. The number of rotatable bonds is 3. The Bertz CT molecular complexity index is 496. The van der Waals surface area contributed by atoms with E-state index in [1.165, 1.54) is 0 Å². The lowest BCUT2D eigenvalue weighted by Gasteiger charge is -2.04. The van der Waals surface area contributed by atoms with E-state index < -0.39 is 0 Å². The summed E-state index contributed by atoms with van der Waals surface area (Å²) in [6.45, 7) is 2.84. The molecule has 0 amide bonds. The molecular weight excluding hydrogens is 289 g/mol. The molecule has 3 nitrogen and oxygen atoms in total. The monoisotopic (exact) mass is 299 g/mol. The zero-order valence-electron chi connectivity index (χ0n) is 8.82. The molecule has 0 fully saturated rings. The third-order valence-electron chi connectivity index (χ3n) is 2.33. The van der Waals surface area contributed by atoms with E-state index in [4.69, 9.17) is 11.6 Å². The highest BCUT2D eigenvalue weighted by atomic mass is 79.9. The average molecular weight is 301 g/mol. The van der Waals surface area contributed by atoms with Crippen molar-refractivity contribution >= 4 is 27.5 Å². The van der Waals surface area contributed by atoms with E-state index in [0.29, 0.717) is 11.2 Å². The number of hydrogen-bond donors (Lipinski definition) is 0. The first-order chi connectivity index (χ1) is 7.70. The minimum Gasteiger partial charge on any atom is -0.249 e. The molecule has 2 rings (SSSR count). The van der Waals surface area contributed by atoms with Crippen molar-refractivity contribution in [2.75, 3.05) is 0 Å². The van der Waals surface area contributed by atoms with Crippen LogP contribution in [-0.4, -0.2) is 14.8 Å². The summed E-state index contributed by atoms with van der Waals surface area (Å²) in [4.78, 5) is 4.33. The Kier molecular flexibility index (Phi) is 3.61. The van der Waals surface area contributed by atoms with Gasteiger partial charge < -0.3 is 0 Å². The van der Waals surface area contributed by atoms with E-state index >= 15 is 0 Å². The molecule has 1 aromatic carbocycles. The lowest BCUT2D eigenvalue weighted by molar-refractivity contribution is 0.622. The van der Waals surface area contributed by atoms with Gasteiger partial charge in [0.1, 0.15) is 5.82 Å². The molecule has 0 bridgehead atoms. The van der Waals surface area contributed by atoms with Crippen molar-refractivity contribution in [1.82, 2.24) is 14.8 Å². The molecule has 0 aliphatic rings. The van der Waals surface area contributed by atoms with E-state index in [1.807, 2.05) is 35.9 Å². The largest absolute Gasteiger partial charge is 0.249 e. The Morgan fingerprint density at radius 1 is 1.38 bits per heavy atom. The van der Waals surface area contributed by atoms with Crippen LogP contribution >= 0.6 is 27.5 Å². The second-order valence-electron chi connectivity index (χ2n) is 3.38. The highest BCUT2D eigenvalue weighted by Gasteiger charge is 2.09. The maximum absolute atomic E-state index is 6.11. The zero-order chi connectivity index (χ0) is 11.5. The Morgan fingerprint density at radius 3 is 2.81 bits per heavy atom. The summed E-state index contributed by atoms with van der Waals surface area (Å²) in [5.41, 5.74) is 1.07. The topological polar surface area (TPSA) is 30.7 Å². The average Bonchev–Trinajstić information content (AvgIpc) is 2.62. The Hall–Kier alpha value is -0.870. The van der Waals surface area contributed by atoms with Crippen molar-refractivity contribution < 1.29 is 0 Å². The molecule has 0 atom stereocenters. The molecule has 5 heteroatoms. The summed E-state index contributed by atoms with van der Waals surface area (Å²) >= 11 is 9.39. The minimum absolute atomic E-state index is 0.622. The molecule has 1 aromatic heterocycles. The van der Waals surface area contributed by atoms with Crippen LogP contribution in [0.4, 0.5) is 0 Å². The van der Waals surface area contributed by atoms with Gasteiger partial charge in [0.25, 0.3) is 0 Å². The third kappa shape index (κ3) is 2.44. The van der Waals surface area contributed by atoms with Gasteiger partial charge in [-0.05, 0) is 34.5 Å². The van der Waals surface area contributed by atoms with Crippen LogP contribution in [0.1, 0.15) is 18.3 Å². The Morgan fingerprint density at radius 2 is 2.12 bits per heavy atom. The van der Waals surface area contributed by atoms with Gasteiger partial charge in [-0.1, -0.05) is 29.8 Å². The number of hydrogen-bond acceptors (Lipinski definition) is 2. The molecule has 0 aliphatic heterocycles. The predicted octanol–water partition coefficient (Wildman–Crippen LogP) is 3.30. The quantitative estimate of drug-likeness (QED) is 0.871. The standard InChI is InChI=1S/C11H11BrClN3/c1-2-16-10(14-11(12)15-16)7-8-5-3-4-6-9(8)13/h3-6H,2,7H2,1H3. The fourth-order valence-electron chi connectivity index (χ4n) is 1.54. The summed E-state index contributed by atoms with van der Waals surface area (Å²) in [5.74, 6) is 0.919. The van der Waals surface area contributed by atoms with Crippen molar-refractivity contribution in [2.24, 2.45) is 0 Å². The van der Waals surface area contributed by atoms with Crippen molar-refractivity contribution in [3.05, 3.63) is 45.4 Å². The van der Waals surface area contributed by atoms with Crippen LogP contribution in [0, 0.1) is 0 Å². The van der Waals surface area contributed by atoms with Crippen molar-refractivity contribution in [3.8, 4) is 0 Å². The van der Waals surface area contributed by atoms with Gasteiger partial charge in [0.2, 0.25) is 4.73 Å². The molecule has 0 saturated carbocycles. The van der Waals surface area contributed by atoms with Crippen molar-refractivity contribution in [3.63, 3.8) is 0 Å². The predicted molar refractivity (Wildman–Crippen MR) is 67.7 cm³/mol. The Balaban J connectivity index is 2.30. The van der Waals surface area contributed by atoms with Gasteiger partial charge in [-0.3, -0.25) is 0 Å². The lowest BCUT2D eigenvalue weighted by Crippen LogP contribution is -2.04. The van der Waals surface area contributed by atoms with Gasteiger partial charge >= 0.3 is 0 Å². The van der Waals surface area contributed by atoms with Gasteiger partial charge in [-0.2, -0.15) is 0 Å². The van der Waals surface area contributed by atoms with Crippen LogP contribution in [0.15, 0.2) is 29.0 Å². The molecule has 0 unspecified atom stereocenters.